The Kier molecular flexibility index (Phi) is 5.52. The van der Waals surface area contributed by atoms with Crippen molar-refractivity contribution in [2.24, 2.45) is 5.92 Å². The van der Waals surface area contributed by atoms with Crippen molar-refractivity contribution < 1.29 is 18.7 Å². The number of hydrogen-bond acceptors (Lipinski definition) is 3. The molecule has 0 fully saturated rings. The molecule has 0 unspecified atom stereocenters. The predicted molar refractivity (Wildman–Crippen MR) is 90.8 cm³/mol. The minimum atomic E-state index is -0.449. The van der Waals surface area contributed by atoms with E-state index in [0.717, 1.165) is 0 Å². The number of benzene rings is 2. The van der Waals surface area contributed by atoms with Crippen molar-refractivity contribution in [3.05, 3.63) is 53.8 Å². The van der Waals surface area contributed by atoms with Crippen LogP contribution in [0.4, 0.5) is 15.8 Å². The minimum absolute atomic E-state index is 0.0942. The fourth-order valence-corrected chi connectivity index (χ4v) is 1.95. The first-order valence-electron chi connectivity index (χ1n) is 7.46. The van der Waals surface area contributed by atoms with E-state index >= 15 is 0 Å². The number of halogens is 1. The van der Waals surface area contributed by atoms with Crippen molar-refractivity contribution >= 4 is 23.2 Å². The van der Waals surface area contributed by atoms with Gasteiger partial charge in [0.2, 0.25) is 5.91 Å². The third-order valence-electron chi connectivity index (χ3n) is 3.35. The molecule has 5 nitrogen and oxygen atoms in total. The third kappa shape index (κ3) is 4.32. The summed E-state index contributed by atoms with van der Waals surface area (Å²) < 4.78 is 18.2. The maximum absolute atomic E-state index is 13.2. The summed E-state index contributed by atoms with van der Waals surface area (Å²) >= 11 is 0. The van der Waals surface area contributed by atoms with Crippen molar-refractivity contribution in [2.75, 3.05) is 17.7 Å². The van der Waals surface area contributed by atoms with E-state index in [4.69, 9.17) is 4.74 Å². The number of amides is 2. The van der Waals surface area contributed by atoms with Gasteiger partial charge in [-0.1, -0.05) is 13.8 Å². The van der Waals surface area contributed by atoms with Gasteiger partial charge in [-0.25, -0.2) is 4.39 Å². The highest BCUT2D eigenvalue weighted by Gasteiger charge is 2.11. The molecule has 0 spiro atoms. The first kappa shape index (κ1) is 17.5. The Hall–Kier alpha value is -2.89. The monoisotopic (exact) mass is 330 g/mol. The van der Waals surface area contributed by atoms with Crippen LogP contribution in [-0.2, 0) is 4.79 Å². The van der Waals surface area contributed by atoms with Crippen molar-refractivity contribution in [3.63, 3.8) is 0 Å². The first-order valence-corrected chi connectivity index (χ1v) is 7.46. The Morgan fingerprint density at radius 3 is 2.29 bits per heavy atom. The van der Waals surface area contributed by atoms with Crippen molar-refractivity contribution in [1.82, 2.24) is 0 Å². The Balaban J connectivity index is 2.09. The van der Waals surface area contributed by atoms with Crippen LogP contribution in [0.25, 0.3) is 0 Å². The van der Waals surface area contributed by atoms with Gasteiger partial charge in [-0.15, -0.1) is 0 Å². The zero-order chi connectivity index (χ0) is 17.7. The number of carbonyl (C=O) groups excluding carboxylic acids is 2. The average Bonchev–Trinajstić information content (AvgIpc) is 2.56. The van der Waals surface area contributed by atoms with Gasteiger partial charge in [-0.05, 0) is 36.4 Å². The predicted octanol–water partition coefficient (Wildman–Crippen LogP) is 3.68. The number of rotatable bonds is 5. The Bertz CT molecular complexity index is 742. The zero-order valence-corrected chi connectivity index (χ0v) is 13.7. The van der Waals surface area contributed by atoms with Crippen molar-refractivity contribution in [2.45, 2.75) is 13.8 Å². The Morgan fingerprint density at radius 2 is 1.71 bits per heavy atom. The average molecular weight is 330 g/mol. The molecule has 2 N–H and O–H groups in total. The van der Waals surface area contributed by atoms with E-state index in [1.54, 1.807) is 38.1 Å². The van der Waals surface area contributed by atoms with Gasteiger partial charge in [0.05, 0.1) is 12.8 Å². The lowest BCUT2D eigenvalue weighted by Crippen LogP contribution is -2.18. The van der Waals surface area contributed by atoms with Gasteiger partial charge in [0, 0.05) is 23.2 Å². The second-order valence-corrected chi connectivity index (χ2v) is 5.52. The van der Waals surface area contributed by atoms with E-state index in [9.17, 15) is 14.0 Å². The summed E-state index contributed by atoms with van der Waals surface area (Å²) in [5.74, 6) is -0.789. The molecule has 2 aromatic carbocycles. The standard InChI is InChI=1S/C18H19FN2O3/c1-11(2)17(22)20-14-7-4-12(5-8-14)18(23)21-15-9-6-13(19)10-16(15)24-3/h4-11H,1-3H3,(H,20,22)(H,21,23). The molecule has 0 heterocycles. The van der Waals surface area contributed by atoms with Crippen LogP contribution in [0.2, 0.25) is 0 Å². The van der Waals surface area contributed by atoms with Crippen LogP contribution in [0.1, 0.15) is 24.2 Å². The van der Waals surface area contributed by atoms with Gasteiger partial charge >= 0.3 is 0 Å². The first-order chi connectivity index (χ1) is 11.4. The highest BCUT2D eigenvalue weighted by Crippen LogP contribution is 2.25. The van der Waals surface area contributed by atoms with E-state index in [0.29, 0.717) is 16.9 Å². The largest absolute Gasteiger partial charge is 0.494 e. The third-order valence-corrected chi connectivity index (χ3v) is 3.35. The maximum atomic E-state index is 13.2. The molecular formula is C18H19FN2O3. The van der Waals surface area contributed by atoms with Crippen LogP contribution >= 0.6 is 0 Å². The minimum Gasteiger partial charge on any atom is -0.494 e. The molecule has 0 saturated carbocycles. The molecule has 24 heavy (non-hydrogen) atoms. The van der Waals surface area contributed by atoms with Gasteiger partial charge in [-0.2, -0.15) is 0 Å². The van der Waals surface area contributed by atoms with E-state index in [1.807, 2.05) is 0 Å². The van der Waals surface area contributed by atoms with Crippen LogP contribution in [0.3, 0.4) is 0 Å². The second-order valence-electron chi connectivity index (χ2n) is 5.52. The van der Waals surface area contributed by atoms with Crippen LogP contribution < -0.4 is 15.4 Å². The topological polar surface area (TPSA) is 67.4 Å². The summed E-state index contributed by atoms with van der Waals surface area (Å²) in [6.45, 7) is 3.60. The number of nitrogens with one attached hydrogen (secondary N) is 2. The fraction of sp³-hybridized carbons (Fsp3) is 0.222. The summed E-state index contributed by atoms with van der Waals surface area (Å²) in [6, 6.07) is 10.4. The second kappa shape index (κ2) is 7.59. The highest BCUT2D eigenvalue weighted by molar-refractivity contribution is 6.05. The summed E-state index contributed by atoms with van der Waals surface area (Å²) in [5, 5.41) is 5.41. The molecule has 0 atom stereocenters. The van der Waals surface area contributed by atoms with Crippen LogP contribution in [0.15, 0.2) is 42.5 Å². The number of hydrogen-bond donors (Lipinski definition) is 2. The molecule has 0 radical (unpaired) electrons. The quantitative estimate of drug-likeness (QED) is 0.879. The lowest BCUT2D eigenvalue weighted by atomic mass is 10.1. The molecule has 2 amide bonds. The van der Waals surface area contributed by atoms with Crippen LogP contribution in [-0.4, -0.2) is 18.9 Å². The molecule has 0 aromatic heterocycles. The van der Waals surface area contributed by atoms with Gasteiger partial charge in [0.25, 0.3) is 5.91 Å². The van der Waals surface area contributed by atoms with E-state index in [2.05, 4.69) is 10.6 Å². The van der Waals surface area contributed by atoms with Crippen LogP contribution in [0.5, 0.6) is 5.75 Å². The fourth-order valence-electron chi connectivity index (χ4n) is 1.95. The lowest BCUT2D eigenvalue weighted by molar-refractivity contribution is -0.118. The molecular weight excluding hydrogens is 311 g/mol. The molecule has 0 aliphatic rings. The molecule has 2 aromatic rings. The van der Waals surface area contributed by atoms with Crippen molar-refractivity contribution in [3.8, 4) is 5.75 Å². The van der Waals surface area contributed by atoms with E-state index in [-0.39, 0.29) is 23.5 Å². The highest BCUT2D eigenvalue weighted by atomic mass is 19.1. The molecule has 2 rings (SSSR count). The molecule has 6 heteroatoms. The number of carbonyl (C=O) groups is 2. The van der Waals surface area contributed by atoms with E-state index in [1.165, 1.54) is 25.3 Å². The van der Waals surface area contributed by atoms with Gasteiger partial charge in [0.15, 0.2) is 0 Å². The van der Waals surface area contributed by atoms with Crippen molar-refractivity contribution in [1.29, 1.82) is 0 Å². The van der Waals surface area contributed by atoms with Gasteiger partial charge in [-0.3, -0.25) is 9.59 Å². The zero-order valence-electron chi connectivity index (χ0n) is 13.7. The molecule has 0 aliphatic carbocycles. The summed E-state index contributed by atoms with van der Waals surface area (Å²) in [5.41, 5.74) is 1.40. The van der Waals surface area contributed by atoms with E-state index < -0.39 is 5.82 Å². The Morgan fingerprint density at radius 1 is 1.04 bits per heavy atom. The smallest absolute Gasteiger partial charge is 0.255 e. The number of methoxy groups -OCH3 is 1. The molecule has 0 bridgehead atoms. The normalized spacial score (nSPS) is 10.4. The summed E-state index contributed by atoms with van der Waals surface area (Å²) in [7, 11) is 1.40. The van der Waals surface area contributed by atoms with Gasteiger partial charge in [0.1, 0.15) is 11.6 Å². The summed E-state index contributed by atoms with van der Waals surface area (Å²) in [6.07, 6.45) is 0. The molecule has 0 saturated heterocycles. The molecule has 0 aliphatic heterocycles. The SMILES string of the molecule is COc1cc(F)ccc1NC(=O)c1ccc(NC(=O)C(C)C)cc1. The van der Waals surface area contributed by atoms with Crippen LogP contribution in [0, 0.1) is 11.7 Å². The summed E-state index contributed by atoms with van der Waals surface area (Å²) in [4.78, 5) is 23.9. The molecule has 126 valence electrons. The van der Waals surface area contributed by atoms with Gasteiger partial charge < -0.3 is 15.4 Å². The Labute approximate surface area is 139 Å². The number of anilines is 2. The number of ether oxygens (including phenoxy) is 1. The lowest BCUT2D eigenvalue weighted by Gasteiger charge is -2.11. The maximum Gasteiger partial charge on any atom is 0.255 e.